The van der Waals surface area contributed by atoms with Crippen LogP contribution in [0.3, 0.4) is 0 Å². The van der Waals surface area contributed by atoms with Gasteiger partial charge in [-0.15, -0.1) is 18.2 Å². The van der Waals surface area contributed by atoms with Crippen molar-refractivity contribution < 1.29 is 20.1 Å². The zero-order valence-electron chi connectivity index (χ0n) is 14.5. The predicted octanol–water partition coefficient (Wildman–Crippen LogP) is 5.18. The van der Waals surface area contributed by atoms with Gasteiger partial charge >= 0.3 is 0 Å². The molecule has 0 aliphatic heterocycles. The minimum absolute atomic E-state index is 0. The number of benzene rings is 2. The van der Waals surface area contributed by atoms with E-state index >= 15 is 0 Å². The fraction of sp³-hybridized carbons (Fsp3) is 0.200. The van der Waals surface area contributed by atoms with Gasteiger partial charge in [-0.2, -0.15) is 11.3 Å². The molecule has 2 aromatic heterocycles. The number of aryl methyl sites for hydroxylation is 4. The van der Waals surface area contributed by atoms with Gasteiger partial charge in [0.25, 0.3) is 0 Å². The summed E-state index contributed by atoms with van der Waals surface area (Å²) in [7, 11) is 0. The average Bonchev–Trinajstić information content (AvgIpc) is 3.11. The number of hydrogen-bond donors (Lipinski definition) is 0. The largest absolute Gasteiger partial charge is 0.339 e. The zero-order valence-corrected chi connectivity index (χ0v) is 17.8. The van der Waals surface area contributed by atoms with E-state index in [-0.39, 0.29) is 20.1 Å². The van der Waals surface area contributed by atoms with Gasteiger partial charge in [-0.25, -0.2) is 0 Å². The van der Waals surface area contributed by atoms with Crippen molar-refractivity contribution in [3.8, 4) is 17.1 Å². The van der Waals surface area contributed by atoms with Crippen LogP contribution in [0.4, 0.5) is 0 Å². The van der Waals surface area contributed by atoms with Crippen LogP contribution in [-0.2, 0) is 20.1 Å². The Bertz CT molecular complexity index is 1040. The Morgan fingerprint density at radius 2 is 1.80 bits per heavy atom. The molecule has 0 saturated carbocycles. The second-order valence-electron chi connectivity index (χ2n) is 6.17. The number of hydrogen-bond acceptors (Lipinski definition) is 3. The number of imidazole rings is 1. The molecule has 129 valence electrons. The van der Waals surface area contributed by atoms with E-state index in [2.05, 4.69) is 53.5 Å². The molecule has 5 heteroatoms. The monoisotopic (exact) mass is 525 g/mol. The van der Waals surface area contributed by atoms with E-state index in [4.69, 9.17) is 0 Å². The van der Waals surface area contributed by atoms with Crippen molar-refractivity contribution in [1.82, 2.24) is 14.5 Å². The molecule has 0 saturated heterocycles. The van der Waals surface area contributed by atoms with Crippen LogP contribution in [0.1, 0.15) is 21.7 Å². The van der Waals surface area contributed by atoms with Crippen molar-refractivity contribution in [1.29, 1.82) is 0 Å². The first-order valence-corrected chi connectivity index (χ1v) is 8.76. The van der Waals surface area contributed by atoms with Crippen LogP contribution in [0, 0.1) is 33.8 Å². The van der Waals surface area contributed by atoms with Gasteiger partial charge in [-0.1, -0.05) is 23.3 Å². The standard InChI is InChI=1S/C20H18N3S.Ir/c1-12-10-13(2)18(14(3)11-12)23-9-8-21-20(23)16-6-5-7-17-19(16)24-15(4)22-17;/h5,7-11H,1-4H3;/q-1;. The van der Waals surface area contributed by atoms with Crippen molar-refractivity contribution in [3.05, 3.63) is 64.4 Å². The molecule has 2 heterocycles. The third kappa shape index (κ3) is 3.08. The summed E-state index contributed by atoms with van der Waals surface area (Å²) in [5.41, 5.74) is 7.00. The number of aromatic nitrogens is 3. The summed E-state index contributed by atoms with van der Waals surface area (Å²) in [6, 6.07) is 11.8. The minimum Gasteiger partial charge on any atom is -0.339 e. The van der Waals surface area contributed by atoms with Crippen LogP contribution < -0.4 is 0 Å². The molecule has 1 radical (unpaired) electrons. The Morgan fingerprint density at radius 1 is 1.08 bits per heavy atom. The maximum Gasteiger partial charge on any atom is 0.0796 e. The van der Waals surface area contributed by atoms with Crippen molar-refractivity contribution in [2.24, 2.45) is 0 Å². The topological polar surface area (TPSA) is 30.7 Å². The molecule has 0 unspecified atom stereocenters. The van der Waals surface area contributed by atoms with Gasteiger partial charge in [-0.3, -0.25) is 9.97 Å². The van der Waals surface area contributed by atoms with E-state index in [1.165, 1.54) is 22.4 Å². The zero-order chi connectivity index (χ0) is 16.8. The summed E-state index contributed by atoms with van der Waals surface area (Å²) in [6.07, 6.45) is 3.88. The molecule has 25 heavy (non-hydrogen) atoms. The molecule has 0 spiro atoms. The Labute approximate surface area is 165 Å². The van der Waals surface area contributed by atoms with Crippen molar-refractivity contribution in [2.75, 3.05) is 0 Å². The summed E-state index contributed by atoms with van der Waals surface area (Å²) in [4.78, 5) is 9.23. The molecule has 4 aromatic rings. The van der Waals surface area contributed by atoms with E-state index in [1.54, 1.807) is 11.3 Å². The first kappa shape index (κ1) is 18.0. The third-order valence-corrected chi connectivity index (χ3v) is 5.20. The van der Waals surface area contributed by atoms with E-state index in [0.29, 0.717) is 0 Å². The normalized spacial score (nSPS) is 10.9. The average molecular weight is 525 g/mol. The smallest absolute Gasteiger partial charge is 0.0796 e. The van der Waals surface area contributed by atoms with Gasteiger partial charge in [0, 0.05) is 38.2 Å². The van der Waals surface area contributed by atoms with E-state index in [9.17, 15) is 0 Å². The molecule has 0 aliphatic rings. The van der Waals surface area contributed by atoms with Gasteiger partial charge in [-0.05, 0) is 49.0 Å². The van der Waals surface area contributed by atoms with Crippen molar-refractivity contribution in [3.63, 3.8) is 0 Å². The van der Waals surface area contributed by atoms with Crippen LogP contribution in [0.2, 0.25) is 0 Å². The third-order valence-electron chi connectivity index (χ3n) is 4.20. The first-order chi connectivity index (χ1) is 11.5. The molecule has 3 nitrogen and oxygen atoms in total. The SMILES string of the molecule is Cc1cc(C)c(-n2ccnc2-c2[c-]ccc3nc(C)sc23)c(C)c1.[Ir]. The van der Waals surface area contributed by atoms with E-state index in [1.807, 2.05) is 31.5 Å². The van der Waals surface area contributed by atoms with Crippen LogP contribution >= 0.6 is 11.3 Å². The maximum atomic E-state index is 4.64. The predicted molar refractivity (Wildman–Crippen MR) is 100.0 cm³/mol. The molecule has 0 atom stereocenters. The summed E-state index contributed by atoms with van der Waals surface area (Å²) >= 11 is 1.70. The number of thiazole rings is 1. The summed E-state index contributed by atoms with van der Waals surface area (Å²) in [5.74, 6) is 0.916. The molecular formula is C20H18IrN3S-. The molecular weight excluding hydrogens is 507 g/mol. The fourth-order valence-corrected chi connectivity index (χ4v) is 4.30. The summed E-state index contributed by atoms with van der Waals surface area (Å²) in [6.45, 7) is 8.48. The van der Waals surface area contributed by atoms with E-state index < -0.39 is 0 Å². The molecule has 0 amide bonds. The first-order valence-electron chi connectivity index (χ1n) is 7.94. The molecule has 4 rings (SSSR count). The van der Waals surface area contributed by atoms with Crippen LogP contribution in [0.5, 0.6) is 0 Å². The Balaban J connectivity index is 0.00000182. The molecule has 0 N–H and O–H groups in total. The van der Waals surface area contributed by atoms with E-state index in [0.717, 1.165) is 26.6 Å². The quantitative estimate of drug-likeness (QED) is 0.339. The second-order valence-corrected chi connectivity index (χ2v) is 7.37. The summed E-state index contributed by atoms with van der Waals surface area (Å²) < 4.78 is 3.31. The minimum atomic E-state index is 0. The second kappa shape index (κ2) is 6.83. The Morgan fingerprint density at radius 3 is 2.52 bits per heavy atom. The molecule has 0 aliphatic carbocycles. The maximum absolute atomic E-state index is 4.64. The molecule has 2 aromatic carbocycles. The van der Waals surface area contributed by atoms with Gasteiger partial charge in [0.1, 0.15) is 0 Å². The molecule has 0 fully saturated rings. The van der Waals surface area contributed by atoms with Crippen molar-refractivity contribution in [2.45, 2.75) is 27.7 Å². The van der Waals surface area contributed by atoms with Gasteiger partial charge < -0.3 is 4.57 Å². The van der Waals surface area contributed by atoms with Gasteiger partial charge in [0.15, 0.2) is 0 Å². The number of rotatable bonds is 2. The number of fused-ring (bicyclic) bond motifs is 1. The van der Waals surface area contributed by atoms with Gasteiger partial charge in [0.05, 0.1) is 10.8 Å². The Hall–Kier alpha value is -1.81. The Kier molecular flexibility index (Phi) is 4.92. The molecule has 0 bridgehead atoms. The van der Waals surface area contributed by atoms with Crippen LogP contribution in [0.25, 0.3) is 27.3 Å². The fourth-order valence-electron chi connectivity index (χ4n) is 3.39. The van der Waals surface area contributed by atoms with Gasteiger partial charge in [0.2, 0.25) is 0 Å². The van der Waals surface area contributed by atoms with Crippen LogP contribution in [-0.4, -0.2) is 14.5 Å². The van der Waals surface area contributed by atoms with Crippen LogP contribution in [0.15, 0.2) is 36.7 Å². The van der Waals surface area contributed by atoms with Crippen molar-refractivity contribution >= 4 is 21.6 Å². The number of nitrogens with zero attached hydrogens (tertiary/aromatic N) is 3. The summed E-state index contributed by atoms with van der Waals surface area (Å²) in [5, 5.41) is 1.06.